The molecule has 0 spiro atoms. The van der Waals surface area contributed by atoms with Gasteiger partial charge in [0.25, 0.3) is 0 Å². The number of nitrogens with one attached hydrogen (secondary N) is 1. The summed E-state index contributed by atoms with van der Waals surface area (Å²) in [5, 5.41) is 6.19. The molecule has 4 heteroatoms. The molecule has 0 bridgehead atoms. The van der Waals surface area contributed by atoms with Crippen LogP contribution in [0.15, 0.2) is 5.38 Å². The van der Waals surface area contributed by atoms with Gasteiger partial charge in [-0.05, 0) is 38.8 Å². The summed E-state index contributed by atoms with van der Waals surface area (Å²) in [6.07, 6.45) is 1.72. The first-order valence-electron chi connectivity index (χ1n) is 5.51. The van der Waals surface area contributed by atoms with E-state index < -0.39 is 6.17 Å². The molecule has 1 saturated heterocycles. The Hall–Kier alpha value is -0.480. The van der Waals surface area contributed by atoms with E-state index in [-0.39, 0.29) is 5.92 Å². The fourth-order valence-corrected chi connectivity index (χ4v) is 2.85. The second-order valence-corrected chi connectivity index (χ2v) is 5.13. The van der Waals surface area contributed by atoms with Gasteiger partial charge in [-0.2, -0.15) is 0 Å². The SMILES string of the molecule is Cc1csc(CC(F)C2CCNCC2)n1. The van der Waals surface area contributed by atoms with E-state index in [0.717, 1.165) is 36.6 Å². The van der Waals surface area contributed by atoms with E-state index in [2.05, 4.69) is 10.3 Å². The van der Waals surface area contributed by atoms with E-state index in [1.54, 1.807) is 11.3 Å². The highest BCUT2D eigenvalue weighted by Crippen LogP contribution is 2.23. The van der Waals surface area contributed by atoms with Gasteiger partial charge in [-0.15, -0.1) is 11.3 Å². The van der Waals surface area contributed by atoms with Crippen LogP contribution < -0.4 is 5.32 Å². The Bertz CT molecular complexity index is 307. The normalized spacial score (nSPS) is 20.4. The van der Waals surface area contributed by atoms with E-state index in [1.165, 1.54) is 0 Å². The maximum atomic E-state index is 13.9. The zero-order valence-corrected chi connectivity index (χ0v) is 9.82. The van der Waals surface area contributed by atoms with Crippen molar-refractivity contribution in [3.63, 3.8) is 0 Å². The van der Waals surface area contributed by atoms with Crippen molar-refractivity contribution in [3.8, 4) is 0 Å². The standard InChI is InChI=1S/C11H17FN2S/c1-8-7-15-11(14-8)6-10(12)9-2-4-13-5-3-9/h7,9-10,13H,2-6H2,1H3. The Balaban J connectivity index is 1.88. The fourth-order valence-electron chi connectivity index (χ4n) is 2.04. The van der Waals surface area contributed by atoms with Crippen molar-refractivity contribution in [2.45, 2.75) is 32.4 Å². The number of aromatic nitrogens is 1. The van der Waals surface area contributed by atoms with Crippen LogP contribution in [-0.2, 0) is 6.42 Å². The van der Waals surface area contributed by atoms with Crippen LogP contribution in [0.3, 0.4) is 0 Å². The van der Waals surface area contributed by atoms with Gasteiger partial charge in [-0.3, -0.25) is 0 Å². The van der Waals surface area contributed by atoms with Crippen LogP contribution in [-0.4, -0.2) is 24.2 Å². The molecular formula is C11H17FN2S. The summed E-state index contributed by atoms with van der Waals surface area (Å²) in [7, 11) is 0. The molecule has 0 aromatic carbocycles. The topological polar surface area (TPSA) is 24.9 Å². The van der Waals surface area contributed by atoms with Crippen LogP contribution in [0.2, 0.25) is 0 Å². The number of hydrogen-bond acceptors (Lipinski definition) is 3. The summed E-state index contributed by atoms with van der Waals surface area (Å²) in [6.45, 7) is 3.88. The number of nitrogens with zero attached hydrogens (tertiary/aromatic N) is 1. The summed E-state index contributed by atoms with van der Waals surface area (Å²) in [5.74, 6) is 0.232. The van der Waals surface area contributed by atoms with E-state index in [0.29, 0.717) is 6.42 Å². The summed E-state index contributed by atoms with van der Waals surface area (Å²) in [6, 6.07) is 0. The number of halogens is 1. The van der Waals surface area contributed by atoms with Crippen molar-refractivity contribution in [1.29, 1.82) is 0 Å². The Morgan fingerprint density at radius 3 is 2.93 bits per heavy atom. The first-order valence-corrected chi connectivity index (χ1v) is 6.39. The molecule has 1 aromatic rings. The van der Waals surface area contributed by atoms with Crippen LogP contribution in [0.1, 0.15) is 23.5 Å². The number of alkyl halides is 1. The second kappa shape index (κ2) is 5.03. The van der Waals surface area contributed by atoms with Crippen molar-refractivity contribution < 1.29 is 4.39 Å². The van der Waals surface area contributed by atoms with Crippen LogP contribution in [0.5, 0.6) is 0 Å². The molecule has 84 valence electrons. The fraction of sp³-hybridized carbons (Fsp3) is 0.727. The lowest BCUT2D eigenvalue weighted by Crippen LogP contribution is -2.33. The highest BCUT2D eigenvalue weighted by Gasteiger charge is 2.24. The van der Waals surface area contributed by atoms with Crippen molar-refractivity contribution in [2.24, 2.45) is 5.92 Å². The van der Waals surface area contributed by atoms with E-state index in [1.807, 2.05) is 12.3 Å². The average molecular weight is 228 g/mol. The van der Waals surface area contributed by atoms with Gasteiger partial charge >= 0.3 is 0 Å². The molecule has 1 aliphatic heterocycles. The Morgan fingerprint density at radius 2 is 2.33 bits per heavy atom. The lowest BCUT2D eigenvalue weighted by Gasteiger charge is -2.25. The zero-order chi connectivity index (χ0) is 10.7. The number of hydrogen-bond donors (Lipinski definition) is 1. The third-order valence-corrected chi connectivity index (χ3v) is 3.92. The molecular weight excluding hydrogens is 211 g/mol. The quantitative estimate of drug-likeness (QED) is 0.859. The monoisotopic (exact) mass is 228 g/mol. The molecule has 0 saturated carbocycles. The number of aryl methyl sites for hydroxylation is 1. The first-order chi connectivity index (χ1) is 7.25. The second-order valence-electron chi connectivity index (χ2n) is 4.19. The molecule has 0 amide bonds. The average Bonchev–Trinajstić information content (AvgIpc) is 2.65. The van der Waals surface area contributed by atoms with Crippen LogP contribution >= 0.6 is 11.3 Å². The van der Waals surface area contributed by atoms with Gasteiger partial charge in [-0.25, -0.2) is 9.37 Å². The maximum Gasteiger partial charge on any atom is 0.109 e. The molecule has 1 fully saturated rings. The van der Waals surface area contributed by atoms with Gasteiger partial charge in [0, 0.05) is 17.5 Å². The minimum atomic E-state index is -0.711. The summed E-state index contributed by atoms with van der Waals surface area (Å²) < 4.78 is 13.9. The lowest BCUT2D eigenvalue weighted by atomic mass is 9.92. The Labute approximate surface area is 93.9 Å². The molecule has 1 aromatic heterocycles. The van der Waals surface area contributed by atoms with E-state index >= 15 is 0 Å². The molecule has 1 aliphatic rings. The van der Waals surface area contributed by atoms with Gasteiger partial charge in [0.2, 0.25) is 0 Å². The maximum absolute atomic E-state index is 13.9. The van der Waals surface area contributed by atoms with Gasteiger partial charge in [0.15, 0.2) is 0 Å². The van der Waals surface area contributed by atoms with Gasteiger partial charge in [-0.1, -0.05) is 0 Å². The van der Waals surface area contributed by atoms with Crippen molar-refractivity contribution in [2.75, 3.05) is 13.1 Å². The largest absolute Gasteiger partial charge is 0.317 e. The van der Waals surface area contributed by atoms with Crippen LogP contribution in [0.4, 0.5) is 4.39 Å². The molecule has 2 nitrogen and oxygen atoms in total. The van der Waals surface area contributed by atoms with Crippen molar-refractivity contribution >= 4 is 11.3 Å². The third-order valence-electron chi connectivity index (χ3n) is 2.93. The predicted molar refractivity (Wildman–Crippen MR) is 61.0 cm³/mol. The number of thiazole rings is 1. The summed E-state index contributed by atoms with van der Waals surface area (Å²) in [4.78, 5) is 4.31. The summed E-state index contributed by atoms with van der Waals surface area (Å²) in [5.41, 5.74) is 1.01. The molecule has 2 rings (SSSR count). The molecule has 1 unspecified atom stereocenters. The van der Waals surface area contributed by atoms with Crippen LogP contribution in [0.25, 0.3) is 0 Å². The molecule has 0 radical (unpaired) electrons. The number of rotatable bonds is 3. The number of piperidine rings is 1. The zero-order valence-electron chi connectivity index (χ0n) is 9.00. The summed E-state index contributed by atoms with van der Waals surface area (Å²) >= 11 is 1.58. The molecule has 15 heavy (non-hydrogen) atoms. The minimum Gasteiger partial charge on any atom is -0.317 e. The van der Waals surface area contributed by atoms with Gasteiger partial charge in [0.05, 0.1) is 5.01 Å². The highest BCUT2D eigenvalue weighted by molar-refractivity contribution is 7.09. The predicted octanol–water partition coefficient (Wildman–Crippen LogP) is 2.33. The van der Waals surface area contributed by atoms with Crippen LogP contribution in [0, 0.1) is 12.8 Å². The minimum absolute atomic E-state index is 0.232. The third kappa shape index (κ3) is 2.98. The van der Waals surface area contributed by atoms with Crippen molar-refractivity contribution in [3.05, 3.63) is 16.1 Å². The molecule has 0 aliphatic carbocycles. The molecule has 1 N–H and O–H groups in total. The highest BCUT2D eigenvalue weighted by atomic mass is 32.1. The van der Waals surface area contributed by atoms with E-state index in [4.69, 9.17) is 0 Å². The molecule has 1 atom stereocenters. The van der Waals surface area contributed by atoms with Gasteiger partial charge < -0.3 is 5.32 Å². The first kappa shape index (κ1) is 11.0. The smallest absolute Gasteiger partial charge is 0.109 e. The van der Waals surface area contributed by atoms with Gasteiger partial charge in [0.1, 0.15) is 6.17 Å². The Kier molecular flexibility index (Phi) is 3.70. The van der Waals surface area contributed by atoms with Crippen molar-refractivity contribution in [1.82, 2.24) is 10.3 Å². The lowest BCUT2D eigenvalue weighted by molar-refractivity contribution is 0.187. The van der Waals surface area contributed by atoms with E-state index in [9.17, 15) is 4.39 Å². The Morgan fingerprint density at radius 1 is 1.60 bits per heavy atom. The molecule has 2 heterocycles.